The quantitative estimate of drug-likeness (QED) is 0.0259. The summed E-state index contributed by atoms with van der Waals surface area (Å²) in [5.41, 5.74) is 0. The van der Waals surface area contributed by atoms with Crippen molar-refractivity contribution in [2.45, 2.75) is 441 Å². The maximum atomic E-state index is 13.4. The number of aliphatic hydroxyl groups is 8. The van der Waals surface area contributed by atoms with Crippen molar-refractivity contribution in [3.63, 3.8) is 0 Å². The summed E-state index contributed by atoms with van der Waals surface area (Å²) >= 11 is 0. The number of unbranched alkanes of at least 4 members (excludes halogenated alkanes) is 51. The van der Waals surface area contributed by atoms with Crippen LogP contribution in [0.1, 0.15) is 367 Å². The first-order valence-corrected chi connectivity index (χ1v) is 37.8. The number of amides is 1. The number of ether oxygens (including phenoxy) is 4. The number of hydrogen-bond acceptors (Lipinski definition) is 13. The normalized spacial score (nSPS) is 23.1. The molecule has 12 atom stereocenters. The molecule has 0 radical (unpaired) electrons. The van der Waals surface area contributed by atoms with Gasteiger partial charge in [-0.1, -0.05) is 348 Å². The van der Waals surface area contributed by atoms with Gasteiger partial charge in [0.05, 0.1) is 32.0 Å². The second-order valence-electron chi connectivity index (χ2n) is 27.1. The van der Waals surface area contributed by atoms with Crippen molar-refractivity contribution >= 4 is 5.91 Å². The van der Waals surface area contributed by atoms with Crippen LogP contribution in [0.4, 0.5) is 0 Å². The summed E-state index contributed by atoms with van der Waals surface area (Å²) in [6, 6.07) is -0.824. The minimum Gasteiger partial charge on any atom is -0.394 e. The number of aliphatic hydroxyl groups excluding tert-OH is 8. The molecule has 0 aromatic heterocycles. The zero-order valence-corrected chi connectivity index (χ0v) is 56.6. The third-order valence-electron chi connectivity index (χ3n) is 19.1. The number of rotatable bonds is 64. The highest BCUT2D eigenvalue weighted by Crippen LogP contribution is 2.30. The summed E-state index contributed by atoms with van der Waals surface area (Å²) in [5.74, 6) is -0.197. The first-order chi connectivity index (χ1) is 42.6. The van der Waals surface area contributed by atoms with Gasteiger partial charge in [0.25, 0.3) is 0 Å². The van der Waals surface area contributed by atoms with Gasteiger partial charge in [-0.2, -0.15) is 0 Å². The molecular formula is C73H143NO13. The van der Waals surface area contributed by atoms with Crippen LogP contribution in [0.25, 0.3) is 0 Å². The number of nitrogens with one attached hydrogen (secondary N) is 1. The van der Waals surface area contributed by atoms with E-state index in [2.05, 4.69) is 19.2 Å². The van der Waals surface area contributed by atoms with Gasteiger partial charge in [-0.05, 0) is 12.8 Å². The second-order valence-corrected chi connectivity index (χ2v) is 27.1. The summed E-state index contributed by atoms with van der Waals surface area (Å²) in [6.07, 6.45) is 54.4. The van der Waals surface area contributed by atoms with Crippen molar-refractivity contribution < 1.29 is 64.6 Å². The van der Waals surface area contributed by atoms with Crippen LogP contribution in [-0.2, 0) is 23.7 Å². The van der Waals surface area contributed by atoms with E-state index in [-0.39, 0.29) is 12.5 Å². The van der Waals surface area contributed by atoms with Crippen molar-refractivity contribution in [3.8, 4) is 0 Å². The molecule has 0 bridgehead atoms. The van der Waals surface area contributed by atoms with Gasteiger partial charge >= 0.3 is 0 Å². The van der Waals surface area contributed by atoms with Crippen molar-refractivity contribution in [2.75, 3.05) is 19.8 Å². The molecule has 9 N–H and O–H groups in total. The largest absolute Gasteiger partial charge is 0.394 e. The predicted molar refractivity (Wildman–Crippen MR) is 356 cm³/mol. The molecular weight excluding hydrogens is 1100 g/mol. The molecule has 0 aliphatic carbocycles. The Morgan fingerprint density at radius 2 is 0.655 bits per heavy atom. The fraction of sp³-hybridized carbons (Fsp3) is 0.986. The minimum atomic E-state index is -1.78. The van der Waals surface area contributed by atoms with Crippen LogP contribution < -0.4 is 5.32 Å². The molecule has 2 heterocycles. The standard InChI is InChI=1S/C73H143NO13/c1-3-5-7-9-11-13-15-17-19-21-22-23-24-25-26-27-28-29-30-31-32-33-34-35-36-37-38-39-41-43-45-47-49-51-53-55-57-65(78)74-61(62(77)56-54-52-50-48-46-44-42-40-20-18-16-14-12-10-8-6-4-2)60-84-72-70(83)68(81)71(64(59-76)86-72)87-73-69(82)67(80)66(79)63(58-75)85-73/h61-64,66-73,75-77,79-83H,3-60H2,1-2H3,(H,74,78). The second kappa shape index (κ2) is 58.8. The summed E-state index contributed by atoms with van der Waals surface area (Å²) in [5, 5.41) is 87.6. The Morgan fingerprint density at radius 1 is 0.368 bits per heavy atom. The van der Waals surface area contributed by atoms with E-state index in [1.165, 1.54) is 289 Å². The van der Waals surface area contributed by atoms with Crippen LogP contribution >= 0.6 is 0 Å². The Balaban J connectivity index is 1.57. The Kier molecular flexibility index (Phi) is 55.5. The summed E-state index contributed by atoms with van der Waals surface area (Å²) in [6.45, 7) is 2.93. The van der Waals surface area contributed by atoms with Crippen LogP contribution in [0.5, 0.6) is 0 Å². The molecule has 2 aliphatic heterocycles. The van der Waals surface area contributed by atoms with E-state index >= 15 is 0 Å². The highest BCUT2D eigenvalue weighted by molar-refractivity contribution is 5.76. The maximum Gasteiger partial charge on any atom is 0.220 e. The first-order valence-electron chi connectivity index (χ1n) is 37.8. The van der Waals surface area contributed by atoms with Crippen LogP contribution in [0.3, 0.4) is 0 Å². The lowest BCUT2D eigenvalue weighted by molar-refractivity contribution is -0.359. The molecule has 2 fully saturated rings. The molecule has 2 aliphatic rings. The highest BCUT2D eigenvalue weighted by Gasteiger charge is 2.51. The summed E-state index contributed by atoms with van der Waals surface area (Å²) in [4.78, 5) is 13.4. The van der Waals surface area contributed by atoms with E-state index in [1.807, 2.05) is 0 Å². The molecule has 2 saturated heterocycles. The van der Waals surface area contributed by atoms with E-state index in [0.717, 1.165) is 51.4 Å². The van der Waals surface area contributed by atoms with Gasteiger partial charge in [-0.3, -0.25) is 4.79 Å². The molecule has 1 amide bonds. The van der Waals surface area contributed by atoms with E-state index < -0.39 is 86.8 Å². The third-order valence-corrected chi connectivity index (χ3v) is 19.1. The van der Waals surface area contributed by atoms with Crippen LogP contribution in [0.2, 0.25) is 0 Å². The smallest absolute Gasteiger partial charge is 0.220 e. The zero-order valence-electron chi connectivity index (χ0n) is 56.6. The number of carbonyl (C=O) groups excluding carboxylic acids is 1. The lowest BCUT2D eigenvalue weighted by Crippen LogP contribution is -2.65. The Morgan fingerprint density at radius 3 is 0.977 bits per heavy atom. The van der Waals surface area contributed by atoms with Crippen LogP contribution in [0, 0.1) is 0 Å². The van der Waals surface area contributed by atoms with Gasteiger partial charge in [0, 0.05) is 6.42 Å². The highest BCUT2D eigenvalue weighted by atomic mass is 16.7. The Hall–Kier alpha value is -1.01. The average molecular weight is 1240 g/mol. The van der Waals surface area contributed by atoms with Gasteiger partial charge < -0.3 is 65.1 Å². The molecule has 14 nitrogen and oxygen atoms in total. The van der Waals surface area contributed by atoms with Gasteiger partial charge in [0.2, 0.25) is 5.91 Å². The van der Waals surface area contributed by atoms with Crippen LogP contribution in [0.15, 0.2) is 0 Å². The van der Waals surface area contributed by atoms with Gasteiger partial charge in [0.15, 0.2) is 12.6 Å². The Labute approximate surface area is 534 Å². The van der Waals surface area contributed by atoms with E-state index in [4.69, 9.17) is 18.9 Å². The summed E-state index contributed by atoms with van der Waals surface area (Å²) < 4.78 is 22.9. The fourth-order valence-corrected chi connectivity index (χ4v) is 13.1. The average Bonchev–Trinajstić information content (AvgIpc) is 2.84. The molecule has 0 aromatic carbocycles. The van der Waals surface area contributed by atoms with Gasteiger partial charge in [-0.25, -0.2) is 0 Å². The maximum absolute atomic E-state index is 13.4. The van der Waals surface area contributed by atoms with Crippen molar-refractivity contribution in [3.05, 3.63) is 0 Å². The molecule has 0 aromatic rings. The van der Waals surface area contributed by atoms with E-state index in [0.29, 0.717) is 12.8 Å². The van der Waals surface area contributed by atoms with Crippen molar-refractivity contribution in [1.82, 2.24) is 5.32 Å². The molecule has 87 heavy (non-hydrogen) atoms. The van der Waals surface area contributed by atoms with Gasteiger partial charge in [0.1, 0.15) is 48.8 Å². The third kappa shape index (κ3) is 42.8. The fourth-order valence-electron chi connectivity index (χ4n) is 13.1. The summed E-state index contributed by atoms with van der Waals surface area (Å²) in [7, 11) is 0. The molecule has 2 rings (SSSR count). The number of carbonyl (C=O) groups is 1. The lowest BCUT2D eigenvalue weighted by Gasteiger charge is -2.46. The molecule has 0 spiro atoms. The molecule has 14 heteroatoms. The lowest BCUT2D eigenvalue weighted by atomic mass is 9.97. The van der Waals surface area contributed by atoms with Crippen molar-refractivity contribution in [2.24, 2.45) is 0 Å². The SMILES string of the molecule is CCCCCCCCCCCCCCCCCCCCCCCCCCCCCCCCCCCCCCC(=O)NC(COC1OC(CO)C(OC2OC(CO)C(O)C(O)C2O)C(O)C1O)C(O)CCCCCCCCCCCCCCCCCCC. The zero-order chi connectivity index (χ0) is 63.1. The number of hydrogen-bond donors (Lipinski definition) is 9. The van der Waals surface area contributed by atoms with Crippen LogP contribution in [-0.4, -0.2) is 140 Å². The Bertz CT molecular complexity index is 1460. The van der Waals surface area contributed by atoms with E-state index in [9.17, 15) is 45.6 Å². The predicted octanol–water partition coefficient (Wildman–Crippen LogP) is 16.0. The first kappa shape index (κ1) is 82.1. The molecule has 518 valence electrons. The molecule has 12 unspecified atom stereocenters. The van der Waals surface area contributed by atoms with E-state index in [1.54, 1.807) is 0 Å². The molecule has 0 saturated carbocycles. The monoisotopic (exact) mass is 1240 g/mol. The van der Waals surface area contributed by atoms with Gasteiger partial charge in [-0.15, -0.1) is 0 Å². The topological polar surface area (TPSA) is 228 Å². The van der Waals surface area contributed by atoms with Crippen molar-refractivity contribution in [1.29, 1.82) is 0 Å². The minimum absolute atomic E-state index is 0.197.